The topological polar surface area (TPSA) is 114 Å². The van der Waals surface area contributed by atoms with Crippen LogP contribution < -0.4 is 14.9 Å². The third-order valence-corrected chi connectivity index (χ3v) is 4.12. The number of aliphatic imine (C=N–C) groups is 1. The molecular formula is C19H23N4O5+. The molecular weight excluding hydrogens is 364 g/mol. The summed E-state index contributed by atoms with van der Waals surface area (Å²) in [4.78, 5) is 42.9. The molecule has 1 heterocycles. The molecule has 2 rings (SSSR count). The highest BCUT2D eigenvalue weighted by Gasteiger charge is 2.45. The quantitative estimate of drug-likeness (QED) is 0.698. The van der Waals surface area contributed by atoms with Gasteiger partial charge in [-0.15, -0.1) is 0 Å². The fourth-order valence-corrected chi connectivity index (χ4v) is 2.66. The van der Waals surface area contributed by atoms with Crippen LogP contribution >= 0.6 is 0 Å². The molecule has 0 saturated carbocycles. The van der Waals surface area contributed by atoms with Crippen LogP contribution in [0.25, 0.3) is 6.08 Å². The molecule has 0 aromatic heterocycles. The van der Waals surface area contributed by atoms with Crippen LogP contribution in [0, 0.1) is 0 Å². The molecule has 0 atom stereocenters. The number of methoxy groups -OCH3 is 2. The van der Waals surface area contributed by atoms with Gasteiger partial charge in [0, 0.05) is 12.6 Å². The second kappa shape index (κ2) is 8.94. The smallest absolute Gasteiger partial charge is 0.418 e. The third-order valence-electron chi connectivity index (χ3n) is 4.12. The highest BCUT2D eigenvalue weighted by atomic mass is 16.5. The lowest BCUT2D eigenvalue weighted by atomic mass is 10.2. The van der Waals surface area contributed by atoms with E-state index in [1.807, 2.05) is 0 Å². The number of ether oxygens (including phenoxy) is 2. The Kier molecular flexibility index (Phi) is 6.64. The second-order valence-electron chi connectivity index (χ2n) is 5.71. The second-order valence-corrected chi connectivity index (χ2v) is 5.71. The monoisotopic (exact) mass is 387 g/mol. The molecule has 0 spiro atoms. The van der Waals surface area contributed by atoms with Crippen LogP contribution in [0.15, 0.2) is 29.3 Å². The summed E-state index contributed by atoms with van der Waals surface area (Å²) in [6.45, 7) is 3.77. The van der Waals surface area contributed by atoms with Gasteiger partial charge >= 0.3 is 11.9 Å². The van der Waals surface area contributed by atoms with Crippen LogP contribution in [-0.4, -0.2) is 66.5 Å². The highest BCUT2D eigenvalue weighted by Crippen LogP contribution is 2.27. The van der Waals surface area contributed by atoms with Crippen molar-refractivity contribution in [2.75, 3.05) is 27.3 Å². The van der Waals surface area contributed by atoms with Crippen molar-refractivity contribution < 1.29 is 29.3 Å². The molecule has 1 aliphatic rings. The van der Waals surface area contributed by atoms with Crippen LogP contribution in [0.4, 0.5) is 4.79 Å². The predicted molar refractivity (Wildman–Crippen MR) is 103 cm³/mol. The number of nitrogens with zero attached hydrogens (tertiary/aromatic N) is 3. The molecule has 0 aliphatic carbocycles. The van der Waals surface area contributed by atoms with E-state index < -0.39 is 17.8 Å². The number of hydrogen-bond donors (Lipinski definition) is 1. The summed E-state index contributed by atoms with van der Waals surface area (Å²) in [6.07, 6.45) is 2.73. The molecule has 0 bridgehead atoms. The van der Waals surface area contributed by atoms with Crippen molar-refractivity contribution in [3.63, 3.8) is 0 Å². The minimum atomic E-state index is -0.692. The maximum Gasteiger partial charge on any atom is 0.418 e. The molecule has 1 aromatic carbocycles. The Morgan fingerprint density at radius 2 is 1.75 bits per heavy atom. The van der Waals surface area contributed by atoms with Crippen LogP contribution in [0.5, 0.6) is 11.5 Å². The molecule has 1 aromatic rings. The van der Waals surface area contributed by atoms with Crippen molar-refractivity contribution in [3.05, 3.63) is 29.8 Å². The van der Waals surface area contributed by atoms with E-state index in [2.05, 4.69) is 4.99 Å². The van der Waals surface area contributed by atoms with Gasteiger partial charge in [0.2, 0.25) is 5.71 Å². The van der Waals surface area contributed by atoms with Gasteiger partial charge < -0.3 is 9.47 Å². The summed E-state index contributed by atoms with van der Waals surface area (Å²) in [5.74, 6) is -0.426. The molecule has 9 nitrogen and oxygen atoms in total. The van der Waals surface area contributed by atoms with Gasteiger partial charge in [-0.2, -0.15) is 9.89 Å². The van der Waals surface area contributed by atoms with Gasteiger partial charge in [-0.1, -0.05) is 6.07 Å². The van der Waals surface area contributed by atoms with E-state index in [4.69, 9.17) is 14.9 Å². The number of amidine groups is 1. The largest absolute Gasteiger partial charge is 0.493 e. The van der Waals surface area contributed by atoms with Gasteiger partial charge in [-0.25, -0.2) is 9.69 Å². The van der Waals surface area contributed by atoms with E-state index in [-0.39, 0.29) is 24.6 Å². The van der Waals surface area contributed by atoms with E-state index in [9.17, 15) is 14.4 Å². The van der Waals surface area contributed by atoms with Gasteiger partial charge in [-0.05, 0) is 37.6 Å². The first-order valence-corrected chi connectivity index (χ1v) is 8.66. The summed E-state index contributed by atoms with van der Waals surface area (Å²) in [6, 6.07) is 4.61. The van der Waals surface area contributed by atoms with Crippen molar-refractivity contribution in [1.82, 2.24) is 9.80 Å². The van der Waals surface area contributed by atoms with Gasteiger partial charge in [0.05, 0.1) is 20.8 Å². The lowest BCUT2D eigenvalue weighted by Gasteiger charge is -2.27. The van der Waals surface area contributed by atoms with Gasteiger partial charge in [0.25, 0.3) is 11.8 Å². The number of benzene rings is 1. The fourth-order valence-electron chi connectivity index (χ4n) is 2.66. The standard InChI is InChI=1S/C19H22N4O5/c1-5-22-17(20)16(18(25)23(6-2)19(22)26)21-15(24)10-8-12-7-9-13(27-3)14(11-12)28-4/h7-11,20H,5-6H2,1-4H3/p+1/b10-8+,20-17?,21-16?. The van der Waals surface area contributed by atoms with Crippen molar-refractivity contribution in [2.45, 2.75) is 13.8 Å². The van der Waals surface area contributed by atoms with Crippen LogP contribution in [0.2, 0.25) is 0 Å². The summed E-state index contributed by atoms with van der Waals surface area (Å²) in [5, 5.41) is 5.89. The lowest BCUT2D eigenvalue weighted by molar-refractivity contribution is -0.130. The van der Waals surface area contributed by atoms with Crippen molar-refractivity contribution in [2.24, 2.45) is 4.99 Å². The first-order chi connectivity index (χ1) is 13.4. The Bertz CT molecular complexity index is 847. The first-order valence-electron chi connectivity index (χ1n) is 8.66. The summed E-state index contributed by atoms with van der Waals surface area (Å²) < 4.78 is 10.4. The number of rotatable bonds is 6. The average Bonchev–Trinajstić information content (AvgIpc) is 2.70. The van der Waals surface area contributed by atoms with Crippen LogP contribution in [-0.2, 0) is 9.59 Å². The molecule has 1 saturated heterocycles. The van der Waals surface area contributed by atoms with Crippen molar-refractivity contribution >= 4 is 35.5 Å². The minimum Gasteiger partial charge on any atom is -0.493 e. The van der Waals surface area contributed by atoms with Crippen molar-refractivity contribution in [1.29, 1.82) is 0 Å². The molecule has 0 radical (unpaired) electrons. The van der Waals surface area contributed by atoms with E-state index in [0.717, 1.165) is 4.90 Å². The maximum atomic E-state index is 12.4. The zero-order chi connectivity index (χ0) is 20.8. The molecule has 1 aliphatic heterocycles. The zero-order valence-corrected chi connectivity index (χ0v) is 16.3. The van der Waals surface area contributed by atoms with Crippen LogP contribution in [0.3, 0.4) is 0 Å². The molecule has 4 amide bonds. The molecule has 148 valence electrons. The number of carbonyl (C=O) groups excluding carboxylic acids is 3. The molecule has 9 heteroatoms. The Labute approximate surface area is 162 Å². The molecule has 2 N–H and O–H groups in total. The average molecular weight is 387 g/mol. The Hall–Kier alpha value is -3.49. The first kappa shape index (κ1) is 20.8. The van der Waals surface area contributed by atoms with E-state index in [0.29, 0.717) is 17.1 Å². The fraction of sp³-hybridized carbons (Fsp3) is 0.316. The number of carbonyl (C=O) groups is 3. The third kappa shape index (κ3) is 4.08. The maximum absolute atomic E-state index is 12.4. The zero-order valence-electron chi connectivity index (χ0n) is 16.3. The van der Waals surface area contributed by atoms with Gasteiger partial charge in [0.1, 0.15) is 0 Å². The Balaban J connectivity index is 2.27. The SMILES string of the molecule is CCN1C(=[NH2+])C(=NC(=O)/C=C/c2ccc(OC)c(OC)c2)C(=O)N(CC)C1=O. The van der Waals surface area contributed by atoms with Gasteiger partial charge in [-0.3, -0.25) is 15.0 Å². The lowest BCUT2D eigenvalue weighted by Crippen LogP contribution is -2.68. The van der Waals surface area contributed by atoms with E-state index in [1.54, 1.807) is 32.0 Å². The Morgan fingerprint density at radius 1 is 1.11 bits per heavy atom. The van der Waals surface area contributed by atoms with Gasteiger partial charge in [0.15, 0.2) is 11.5 Å². The summed E-state index contributed by atoms with van der Waals surface area (Å²) in [5.41, 5.74) is 0.434. The number of imide groups is 1. The molecule has 28 heavy (non-hydrogen) atoms. The minimum absolute atomic E-state index is 0.130. The summed E-state index contributed by atoms with van der Waals surface area (Å²) >= 11 is 0. The number of urea groups is 1. The summed E-state index contributed by atoms with van der Waals surface area (Å²) in [7, 11) is 3.04. The van der Waals surface area contributed by atoms with Crippen molar-refractivity contribution in [3.8, 4) is 11.5 Å². The van der Waals surface area contributed by atoms with E-state index in [1.165, 1.54) is 31.3 Å². The highest BCUT2D eigenvalue weighted by molar-refractivity contribution is 6.69. The number of hydrogen-bond acceptors (Lipinski definition) is 5. The predicted octanol–water partition coefficient (Wildman–Crippen LogP) is 0.146. The number of nitrogens with two attached hydrogens (primary N) is 1. The number of amides is 4. The normalized spacial score (nSPS) is 16.3. The van der Waals surface area contributed by atoms with E-state index >= 15 is 0 Å². The van der Waals surface area contributed by atoms with Crippen LogP contribution in [0.1, 0.15) is 19.4 Å². The Morgan fingerprint density at radius 3 is 2.32 bits per heavy atom. The molecule has 1 fully saturated rings. The molecule has 0 unspecified atom stereocenters.